The first-order valence-corrected chi connectivity index (χ1v) is 8.53. The van der Waals surface area contributed by atoms with Gasteiger partial charge in [-0.3, -0.25) is 4.79 Å². The predicted molar refractivity (Wildman–Crippen MR) is 79.5 cm³/mol. The number of benzene rings is 1. The Morgan fingerprint density at radius 1 is 1.23 bits per heavy atom. The highest BCUT2D eigenvalue weighted by molar-refractivity contribution is 7.89. The van der Waals surface area contributed by atoms with Gasteiger partial charge in [0.15, 0.2) is 11.6 Å². The molecule has 0 saturated heterocycles. The Kier molecular flexibility index (Phi) is 6.43. The minimum Gasteiger partial charge on any atom is -0.348 e. The molecule has 0 radical (unpaired) electrons. The lowest BCUT2D eigenvalue weighted by Crippen LogP contribution is -2.40. The molecule has 0 aromatic heterocycles. The second kappa shape index (κ2) is 7.64. The summed E-state index contributed by atoms with van der Waals surface area (Å²) in [5.74, 6) is -2.72. The first kappa shape index (κ1) is 18.5. The van der Waals surface area contributed by atoms with Crippen molar-refractivity contribution in [3.05, 3.63) is 35.4 Å². The lowest BCUT2D eigenvalue weighted by molar-refractivity contribution is -0.121. The van der Waals surface area contributed by atoms with Gasteiger partial charge in [0, 0.05) is 0 Å². The van der Waals surface area contributed by atoms with Gasteiger partial charge in [-0.15, -0.1) is 0 Å². The molecule has 5 nitrogen and oxygen atoms in total. The molecular weight excluding hydrogens is 314 g/mol. The summed E-state index contributed by atoms with van der Waals surface area (Å²) in [4.78, 5) is 11.8. The van der Waals surface area contributed by atoms with Gasteiger partial charge >= 0.3 is 0 Å². The maximum absolute atomic E-state index is 13.3. The fraction of sp³-hybridized carbons (Fsp3) is 0.500. The van der Waals surface area contributed by atoms with Gasteiger partial charge in [-0.05, 0) is 30.5 Å². The molecule has 0 aliphatic carbocycles. The minimum atomic E-state index is -3.47. The van der Waals surface area contributed by atoms with Crippen molar-refractivity contribution >= 4 is 15.9 Å². The highest BCUT2D eigenvalue weighted by atomic mass is 32.2. The Bertz CT molecular complexity index is 633. The number of amides is 1. The number of carbonyl (C=O) groups excluding carboxylic acids is 1. The molecule has 1 aromatic rings. The zero-order valence-electron chi connectivity index (χ0n) is 12.7. The van der Waals surface area contributed by atoms with Crippen LogP contribution in [0.4, 0.5) is 8.78 Å². The van der Waals surface area contributed by atoms with Gasteiger partial charge in [-0.1, -0.05) is 19.9 Å². The number of hydrogen-bond acceptors (Lipinski definition) is 3. The van der Waals surface area contributed by atoms with E-state index in [1.165, 1.54) is 13.0 Å². The van der Waals surface area contributed by atoms with Crippen LogP contribution in [0.15, 0.2) is 18.2 Å². The zero-order valence-corrected chi connectivity index (χ0v) is 13.5. The normalized spacial score (nSPS) is 13.2. The van der Waals surface area contributed by atoms with E-state index in [-0.39, 0.29) is 11.7 Å². The van der Waals surface area contributed by atoms with E-state index in [1.807, 2.05) is 13.8 Å². The van der Waals surface area contributed by atoms with Crippen LogP contribution in [-0.2, 0) is 14.8 Å². The lowest BCUT2D eigenvalue weighted by Gasteiger charge is -2.23. The Balaban J connectivity index is 2.80. The molecule has 124 valence electrons. The molecule has 1 amide bonds. The summed E-state index contributed by atoms with van der Waals surface area (Å²) in [5, 5.41) is 2.62. The maximum atomic E-state index is 13.3. The number of sulfonamides is 1. The summed E-state index contributed by atoms with van der Waals surface area (Å²) in [6.45, 7) is 4.67. The van der Waals surface area contributed by atoms with Crippen LogP contribution in [0.25, 0.3) is 0 Å². The fourth-order valence-electron chi connectivity index (χ4n) is 1.84. The molecule has 0 spiro atoms. The van der Waals surface area contributed by atoms with Crippen molar-refractivity contribution in [1.82, 2.24) is 10.0 Å². The van der Waals surface area contributed by atoms with E-state index in [1.54, 1.807) is 0 Å². The maximum Gasteiger partial charge on any atom is 0.235 e. The molecule has 1 rings (SSSR count). The molecular formula is C14H20F2N2O3S. The second-order valence-corrected chi connectivity index (χ2v) is 7.28. The van der Waals surface area contributed by atoms with Crippen molar-refractivity contribution in [2.75, 3.05) is 12.3 Å². The van der Waals surface area contributed by atoms with Gasteiger partial charge in [0.2, 0.25) is 15.9 Å². The number of rotatable bonds is 7. The van der Waals surface area contributed by atoms with Gasteiger partial charge in [0.25, 0.3) is 0 Å². The standard InChI is InChI=1S/C14H20F2N2O3S/c1-4-22(20,21)17-8-13(19)18-14(9(2)3)10-5-6-11(15)12(16)7-10/h5-7,9,14,17H,4,8H2,1-3H3,(H,18,19)/t14-/m1/s1. The minimum absolute atomic E-state index is 0.0865. The van der Waals surface area contributed by atoms with Crippen molar-refractivity contribution in [3.63, 3.8) is 0 Å². The molecule has 0 saturated carbocycles. The molecule has 1 aromatic carbocycles. The fourth-order valence-corrected chi connectivity index (χ4v) is 2.40. The van der Waals surface area contributed by atoms with Crippen LogP contribution in [0.3, 0.4) is 0 Å². The van der Waals surface area contributed by atoms with Crippen molar-refractivity contribution < 1.29 is 22.0 Å². The third-order valence-electron chi connectivity index (χ3n) is 3.12. The third kappa shape index (κ3) is 5.34. The summed E-state index contributed by atoms with van der Waals surface area (Å²) in [5.41, 5.74) is 0.417. The van der Waals surface area contributed by atoms with Gasteiger partial charge in [0.05, 0.1) is 18.3 Å². The van der Waals surface area contributed by atoms with E-state index in [2.05, 4.69) is 10.0 Å². The topological polar surface area (TPSA) is 75.3 Å². The summed E-state index contributed by atoms with van der Waals surface area (Å²) in [7, 11) is -3.47. The van der Waals surface area contributed by atoms with Crippen molar-refractivity contribution in [1.29, 1.82) is 0 Å². The average Bonchev–Trinajstić information content (AvgIpc) is 2.45. The van der Waals surface area contributed by atoms with Crippen molar-refractivity contribution in [2.24, 2.45) is 5.92 Å². The van der Waals surface area contributed by atoms with Crippen LogP contribution in [-0.4, -0.2) is 26.6 Å². The van der Waals surface area contributed by atoms with E-state index in [0.29, 0.717) is 5.56 Å². The van der Waals surface area contributed by atoms with Gasteiger partial charge < -0.3 is 5.32 Å². The van der Waals surface area contributed by atoms with E-state index in [0.717, 1.165) is 12.1 Å². The summed E-state index contributed by atoms with van der Waals surface area (Å²) < 4.78 is 51.0. The van der Waals surface area contributed by atoms with Gasteiger partial charge in [-0.25, -0.2) is 21.9 Å². The average molecular weight is 334 g/mol. The van der Waals surface area contributed by atoms with Crippen LogP contribution in [0.5, 0.6) is 0 Å². The quantitative estimate of drug-likeness (QED) is 0.797. The molecule has 8 heteroatoms. The Labute approximate surface area is 129 Å². The number of hydrogen-bond donors (Lipinski definition) is 2. The largest absolute Gasteiger partial charge is 0.348 e. The smallest absolute Gasteiger partial charge is 0.235 e. The van der Waals surface area contributed by atoms with Gasteiger partial charge in [0.1, 0.15) is 0 Å². The predicted octanol–water partition coefficient (Wildman–Crippen LogP) is 1.72. The lowest BCUT2D eigenvalue weighted by atomic mass is 9.96. The van der Waals surface area contributed by atoms with Crippen molar-refractivity contribution in [3.8, 4) is 0 Å². The van der Waals surface area contributed by atoms with E-state index < -0.39 is 40.2 Å². The molecule has 0 bridgehead atoms. The van der Waals surface area contributed by atoms with Crippen LogP contribution >= 0.6 is 0 Å². The monoisotopic (exact) mass is 334 g/mol. The molecule has 1 atom stereocenters. The molecule has 2 N–H and O–H groups in total. The molecule has 0 aliphatic heterocycles. The van der Waals surface area contributed by atoms with Crippen LogP contribution in [0, 0.1) is 17.6 Å². The second-order valence-electron chi connectivity index (χ2n) is 5.19. The summed E-state index contributed by atoms with van der Waals surface area (Å²) in [6.07, 6.45) is 0. The Morgan fingerprint density at radius 2 is 1.86 bits per heavy atom. The third-order valence-corrected chi connectivity index (χ3v) is 4.46. The van der Waals surface area contributed by atoms with E-state index in [4.69, 9.17) is 0 Å². The van der Waals surface area contributed by atoms with Crippen molar-refractivity contribution in [2.45, 2.75) is 26.8 Å². The Morgan fingerprint density at radius 3 is 2.36 bits per heavy atom. The highest BCUT2D eigenvalue weighted by Crippen LogP contribution is 2.23. The molecule has 22 heavy (non-hydrogen) atoms. The van der Waals surface area contributed by atoms with Crippen LogP contribution in [0.1, 0.15) is 32.4 Å². The molecule has 0 aliphatic rings. The Hall–Kier alpha value is -1.54. The van der Waals surface area contributed by atoms with E-state index >= 15 is 0 Å². The number of halogens is 2. The van der Waals surface area contributed by atoms with Gasteiger partial charge in [-0.2, -0.15) is 0 Å². The highest BCUT2D eigenvalue weighted by Gasteiger charge is 2.20. The first-order valence-electron chi connectivity index (χ1n) is 6.88. The first-order chi connectivity index (χ1) is 10.2. The summed E-state index contributed by atoms with van der Waals surface area (Å²) in [6, 6.07) is 2.86. The molecule has 0 heterocycles. The van der Waals surface area contributed by atoms with Crippen LogP contribution < -0.4 is 10.0 Å². The van der Waals surface area contributed by atoms with Crippen LogP contribution in [0.2, 0.25) is 0 Å². The molecule has 0 unspecified atom stereocenters. The number of carbonyl (C=O) groups is 1. The summed E-state index contributed by atoms with van der Waals surface area (Å²) >= 11 is 0. The zero-order chi connectivity index (χ0) is 16.9. The number of nitrogens with one attached hydrogen (secondary N) is 2. The van der Waals surface area contributed by atoms with E-state index in [9.17, 15) is 22.0 Å². The molecule has 0 fully saturated rings. The SMILES string of the molecule is CCS(=O)(=O)NCC(=O)N[C@@H](c1ccc(F)c(F)c1)C(C)C.